The van der Waals surface area contributed by atoms with E-state index in [1.807, 2.05) is 12.3 Å². The SMILES string of the molecule is CN/C=C1\C(=N)C(C(=O)Nc2cc3cn(C)nc3c(C)c2O)=CC=C1N1CCNCC1. The number of fused-ring (bicyclic) bond motifs is 1. The number of carbonyl (C=O) groups is 1. The van der Waals surface area contributed by atoms with E-state index < -0.39 is 5.91 Å². The first-order valence-corrected chi connectivity index (χ1v) is 10.2. The Hall–Kier alpha value is -3.59. The van der Waals surface area contributed by atoms with Crippen LogP contribution in [-0.2, 0) is 11.8 Å². The maximum atomic E-state index is 13.1. The molecule has 0 atom stereocenters. The molecule has 0 saturated carbocycles. The number of hydrogen-bond acceptors (Lipinski definition) is 7. The Balaban J connectivity index is 1.65. The van der Waals surface area contributed by atoms with E-state index in [0.717, 1.165) is 37.3 Å². The standard InChI is InChI=1S/C22H27N7O2/c1-13-20-14(12-28(3)27-20)10-17(21(13)30)26-22(31)15-4-5-18(16(11-24-2)19(15)23)29-8-6-25-7-9-29/h4-5,10-12,23-25,30H,6-9H2,1-3H3,(H,26,31)/b16-11-,23-19?. The van der Waals surface area contributed by atoms with E-state index >= 15 is 0 Å². The zero-order valence-corrected chi connectivity index (χ0v) is 17.9. The predicted molar refractivity (Wildman–Crippen MR) is 121 cm³/mol. The summed E-state index contributed by atoms with van der Waals surface area (Å²) >= 11 is 0. The zero-order valence-electron chi connectivity index (χ0n) is 17.9. The van der Waals surface area contributed by atoms with Crippen LogP contribution in [0, 0.1) is 12.3 Å². The third kappa shape index (κ3) is 3.79. The molecule has 0 radical (unpaired) electrons. The van der Waals surface area contributed by atoms with Crippen molar-refractivity contribution >= 4 is 28.2 Å². The van der Waals surface area contributed by atoms with Gasteiger partial charge in [-0.25, -0.2) is 0 Å². The predicted octanol–water partition coefficient (Wildman–Crippen LogP) is 1.38. The fourth-order valence-electron chi connectivity index (χ4n) is 4.00. The van der Waals surface area contributed by atoms with E-state index in [9.17, 15) is 9.90 Å². The number of anilines is 1. The topological polar surface area (TPSA) is 118 Å². The van der Waals surface area contributed by atoms with Crippen molar-refractivity contribution in [2.24, 2.45) is 7.05 Å². The maximum absolute atomic E-state index is 13.1. The monoisotopic (exact) mass is 421 g/mol. The lowest BCUT2D eigenvalue weighted by Crippen LogP contribution is -2.44. The van der Waals surface area contributed by atoms with Crippen molar-refractivity contribution in [3.63, 3.8) is 0 Å². The maximum Gasteiger partial charge on any atom is 0.257 e. The highest BCUT2D eigenvalue weighted by Gasteiger charge is 2.28. The number of aryl methyl sites for hydroxylation is 2. The second-order valence-corrected chi connectivity index (χ2v) is 7.68. The number of phenols is 1. The van der Waals surface area contributed by atoms with Crippen LogP contribution < -0.4 is 16.0 Å². The smallest absolute Gasteiger partial charge is 0.257 e. The number of carbonyl (C=O) groups excluding carboxylic acids is 1. The van der Waals surface area contributed by atoms with Gasteiger partial charge in [0, 0.05) is 74.9 Å². The average Bonchev–Trinajstić information content (AvgIpc) is 3.14. The molecule has 1 aliphatic carbocycles. The second kappa shape index (κ2) is 8.27. The molecule has 31 heavy (non-hydrogen) atoms. The number of hydrogen-bond donors (Lipinski definition) is 5. The number of piperazine rings is 1. The van der Waals surface area contributed by atoms with Crippen molar-refractivity contribution in [3.8, 4) is 5.75 Å². The molecule has 2 heterocycles. The number of rotatable bonds is 4. The van der Waals surface area contributed by atoms with E-state index in [1.54, 1.807) is 44.0 Å². The molecular weight excluding hydrogens is 394 g/mol. The van der Waals surface area contributed by atoms with Crippen LogP contribution >= 0.6 is 0 Å². The van der Waals surface area contributed by atoms with Gasteiger partial charge < -0.3 is 26.0 Å². The minimum Gasteiger partial charge on any atom is -0.505 e. The molecule has 1 aromatic carbocycles. The number of nitrogens with one attached hydrogen (secondary N) is 4. The summed E-state index contributed by atoms with van der Waals surface area (Å²) in [5, 5.41) is 33.5. The summed E-state index contributed by atoms with van der Waals surface area (Å²) in [6.45, 7) is 5.20. The fraction of sp³-hybridized carbons (Fsp3) is 0.318. The van der Waals surface area contributed by atoms with E-state index in [4.69, 9.17) is 5.41 Å². The lowest BCUT2D eigenvalue weighted by molar-refractivity contribution is -0.112. The quantitative estimate of drug-likeness (QED) is 0.476. The second-order valence-electron chi connectivity index (χ2n) is 7.68. The first kappa shape index (κ1) is 20.7. The first-order valence-electron chi connectivity index (χ1n) is 10.2. The molecule has 2 aromatic rings. The summed E-state index contributed by atoms with van der Waals surface area (Å²) in [4.78, 5) is 15.3. The third-order valence-corrected chi connectivity index (χ3v) is 5.58. The van der Waals surface area contributed by atoms with Crippen molar-refractivity contribution < 1.29 is 9.90 Å². The number of amides is 1. The molecule has 162 valence electrons. The Bertz CT molecular complexity index is 1150. The van der Waals surface area contributed by atoms with E-state index in [-0.39, 0.29) is 17.0 Å². The van der Waals surface area contributed by atoms with Crippen LogP contribution in [0.5, 0.6) is 5.75 Å². The number of benzene rings is 1. The molecule has 9 nitrogen and oxygen atoms in total. The molecule has 0 spiro atoms. The lowest BCUT2D eigenvalue weighted by atomic mass is 9.93. The first-order chi connectivity index (χ1) is 14.9. The van der Waals surface area contributed by atoms with Crippen molar-refractivity contribution in [1.29, 1.82) is 5.41 Å². The van der Waals surface area contributed by atoms with Crippen molar-refractivity contribution in [2.75, 3.05) is 38.5 Å². The van der Waals surface area contributed by atoms with Gasteiger partial charge in [0.2, 0.25) is 0 Å². The normalized spacial score (nSPS) is 18.2. The Kier molecular flexibility index (Phi) is 5.51. The van der Waals surface area contributed by atoms with E-state index in [0.29, 0.717) is 22.3 Å². The van der Waals surface area contributed by atoms with Crippen molar-refractivity contribution in [1.82, 2.24) is 25.3 Å². The van der Waals surface area contributed by atoms with Crippen LogP contribution in [0.25, 0.3) is 10.9 Å². The summed E-state index contributed by atoms with van der Waals surface area (Å²) in [5.41, 5.74) is 3.55. The van der Waals surface area contributed by atoms with Gasteiger partial charge in [0.05, 0.1) is 22.5 Å². The molecule has 1 amide bonds. The van der Waals surface area contributed by atoms with Crippen LogP contribution in [-0.4, -0.2) is 64.6 Å². The molecule has 5 N–H and O–H groups in total. The molecule has 9 heteroatoms. The molecule has 1 saturated heterocycles. The average molecular weight is 422 g/mol. The van der Waals surface area contributed by atoms with Crippen molar-refractivity contribution in [3.05, 3.63) is 53.0 Å². The van der Waals surface area contributed by atoms with Crippen LogP contribution in [0.3, 0.4) is 0 Å². The van der Waals surface area contributed by atoms with E-state index in [2.05, 4.69) is 25.9 Å². The highest BCUT2D eigenvalue weighted by Crippen LogP contribution is 2.34. The molecule has 1 aromatic heterocycles. The van der Waals surface area contributed by atoms with Gasteiger partial charge in [-0.05, 0) is 25.1 Å². The third-order valence-electron chi connectivity index (χ3n) is 5.58. The molecule has 0 bridgehead atoms. The minimum atomic E-state index is -0.444. The van der Waals surface area contributed by atoms with E-state index in [1.165, 1.54) is 0 Å². The zero-order chi connectivity index (χ0) is 22.1. The number of nitrogens with zero attached hydrogens (tertiary/aromatic N) is 3. The number of aromatic hydroxyl groups is 1. The molecule has 1 aliphatic heterocycles. The minimum absolute atomic E-state index is 0.0227. The van der Waals surface area contributed by atoms with Crippen LogP contribution in [0.2, 0.25) is 0 Å². The van der Waals surface area contributed by atoms with Gasteiger partial charge in [-0.15, -0.1) is 0 Å². The summed E-state index contributed by atoms with van der Waals surface area (Å²) in [6.07, 6.45) is 7.14. The largest absolute Gasteiger partial charge is 0.505 e. The van der Waals surface area contributed by atoms with Gasteiger partial charge in [-0.3, -0.25) is 14.9 Å². The van der Waals surface area contributed by atoms with Crippen LogP contribution in [0.1, 0.15) is 5.56 Å². The summed E-state index contributed by atoms with van der Waals surface area (Å²) in [7, 11) is 3.58. The van der Waals surface area contributed by atoms with Gasteiger partial charge in [-0.2, -0.15) is 5.10 Å². The van der Waals surface area contributed by atoms with Crippen LogP contribution in [0.15, 0.2) is 47.5 Å². The number of allylic oxidation sites excluding steroid dienone is 3. The highest BCUT2D eigenvalue weighted by molar-refractivity contribution is 6.31. The van der Waals surface area contributed by atoms with Crippen molar-refractivity contribution in [2.45, 2.75) is 6.92 Å². The van der Waals surface area contributed by atoms with Gasteiger partial charge >= 0.3 is 0 Å². The summed E-state index contributed by atoms with van der Waals surface area (Å²) < 4.78 is 1.67. The molecule has 0 unspecified atom stereocenters. The Morgan fingerprint density at radius 1 is 1.32 bits per heavy atom. The molecule has 1 fully saturated rings. The van der Waals surface area contributed by atoms with Gasteiger partial charge in [0.25, 0.3) is 5.91 Å². The lowest BCUT2D eigenvalue weighted by Gasteiger charge is -2.34. The molecule has 2 aliphatic rings. The van der Waals surface area contributed by atoms with Crippen LogP contribution in [0.4, 0.5) is 5.69 Å². The fourth-order valence-corrected chi connectivity index (χ4v) is 4.00. The number of aromatic nitrogens is 2. The summed E-state index contributed by atoms with van der Waals surface area (Å²) in [5.74, 6) is -0.467. The molecular formula is C22H27N7O2. The van der Waals surface area contributed by atoms with Gasteiger partial charge in [-0.1, -0.05) is 0 Å². The Morgan fingerprint density at radius 3 is 2.77 bits per heavy atom. The number of phenolic OH excluding ortho intramolecular Hbond substituents is 1. The Labute approximate surface area is 180 Å². The van der Waals surface area contributed by atoms with Gasteiger partial charge in [0.1, 0.15) is 5.75 Å². The summed E-state index contributed by atoms with van der Waals surface area (Å²) in [6, 6.07) is 1.70. The van der Waals surface area contributed by atoms with Gasteiger partial charge in [0.15, 0.2) is 0 Å². The molecule has 4 rings (SSSR count). The highest BCUT2D eigenvalue weighted by atomic mass is 16.3. The Morgan fingerprint density at radius 2 is 2.06 bits per heavy atom.